The summed E-state index contributed by atoms with van der Waals surface area (Å²) in [5.74, 6) is 0.252. The van der Waals surface area contributed by atoms with Gasteiger partial charge in [-0.2, -0.15) is 13.2 Å². The smallest absolute Gasteiger partial charge is 0.416 e. The van der Waals surface area contributed by atoms with E-state index in [1.165, 1.54) is 17.0 Å². The van der Waals surface area contributed by atoms with Crippen LogP contribution in [-0.4, -0.2) is 34.5 Å². The van der Waals surface area contributed by atoms with Crippen LogP contribution in [0.2, 0.25) is 0 Å². The topological polar surface area (TPSA) is 70.7 Å². The minimum atomic E-state index is -4.47. The number of rotatable bonds is 7. The van der Waals surface area contributed by atoms with Gasteiger partial charge in [0.1, 0.15) is 18.3 Å². The molecule has 1 atom stereocenters. The average Bonchev–Trinajstić information content (AvgIpc) is 3.63. The Balaban J connectivity index is 1.43. The van der Waals surface area contributed by atoms with Crippen molar-refractivity contribution in [2.75, 3.05) is 23.3 Å². The Labute approximate surface area is 223 Å². The van der Waals surface area contributed by atoms with Crippen LogP contribution in [0.25, 0.3) is 5.69 Å². The molecule has 1 aliphatic rings. The second-order valence-electron chi connectivity index (χ2n) is 9.25. The Bertz CT molecular complexity index is 1450. The fourth-order valence-electron chi connectivity index (χ4n) is 4.76. The number of para-hydroxylation sites is 2. The number of carbonyl (C=O) groups is 2. The van der Waals surface area contributed by atoms with Crippen LogP contribution in [0.5, 0.6) is 0 Å². The SMILES string of the molecule is CCCCN(CC(=O)N1c2ccccc2-n2cccc2C1c1ccco1)C(=O)Nc1ccc(C(F)(F)F)cc1. The van der Waals surface area contributed by atoms with Gasteiger partial charge in [0.15, 0.2) is 0 Å². The maximum atomic E-state index is 14.0. The van der Waals surface area contributed by atoms with Crippen LogP contribution >= 0.6 is 0 Å². The van der Waals surface area contributed by atoms with E-state index in [0.29, 0.717) is 24.4 Å². The quantitative estimate of drug-likeness (QED) is 0.281. The Hall–Kier alpha value is -4.47. The summed E-state index contributed by atoms with van der Waals surface area (Å²) in [6.07, 6.45) is 0.438. The summed E-state index contributed by atoms with van der Waals surface area (Å²) in [5, 5.41) is 2.63. The third-order valence-electron chi connectivity index (χ3n) is 6.66. The molecule has 0 radical (unpaired) electrons. The van der Waals surface area contributed by atoms with Gasteiger partial charge in [-0.1, -0.05) is 25.5 Å². The Morgan fingerprint density at radius 3 is 2.38 bits per heavy atom. The number of carbonyl (C=O) groups excluding carboxylic acids is 2. The molecule has 1 aliphatic heterocycles. The van der Waals surface area contributed by atoms with Gasteiger partial charge in [0.2, 0.25) is 5.91 Å². The van der Waals surface area contributed by atoms with E-state index < -0.39 is 23.8 Å². The number of halogens is 3. The number of unbranched alkanes of at least 4 members (excludes halogenated alkanes) is 1. The van der Waals surface area contributed by atoms with Crippen molar-refractivity contribution in [2.24, 2.45) is 0 Å². The lowest BCUT2D eigenvalue weighted by molar-refractivity contribution is -0.137. The summed E-state index contributed by atoms with van der Waals surface area (Å²) >= 11 is 0. The van der Waals surface area contributed by atoms with Crippen LogP contribution in [0.1, 0.15) is 42.8 Å². The number of nitrogens with zero attached hydrogens (tertiary/aromatic N) is 3. The second kappa shape index (κ2) is 10.7. The van der Waals surface area contributed by atoms with Gasteiger partial charge in [-0.05, 0) is 67.1 Å². The van der Waals surface area contributed by atoms with E-state index in [9.17, 15) is 22.8 Å². The summed E-state index contributed by atoms with van der Waals surface area (Å²) in [6, 6.07) is 18.0. The van der Waals surface area contributed by atoms with E-state index in [1.54, 1.807) is 17.2 Å². The van der Waals surface area contributed by atoms with Crippen LogP contribution in [0, 0.1) is 0 Å². The van der Waals surface area contributed by atoms with Crippen LogP contribution in [0.15, 0.2) is 89.7 Å². The number of nitrogens with one attached hydrogen (secondary N) is 1. The molecule has 7 nitrogen and oxygen atoms in total. The Morgan fingerprint density at radius 1 is 0.974 bits per heavy atom. The molecule has 0 fully saturated rings. The van der Waals surface area contributed by atoms with Gasteiger partial charge in [0.05, 0.1) is 28.9 Å². The van der Waals surface area contributed by atoms with Crippen LogP contribution < -0.4 is 10.2 Å². The first-order valence-corrected chi connectivity index (χ1v) is 12.6. The number of fused-ring (bicyclic) bond motifs is 3. The molecule has 1 N–H and O–H groups in total. The summed E-state index contributed by atoms with van der Waals surface area (Å²) in [7, 11) is 0. The van der Waals surface area contributed by atoms with Crippen molar-refractivity contribution in [3.63, 3.8) is 0 Å². The van der Waals surface area contributed by atoms with Gasteiger partial charge < -0.3 is 19.2 Å². The van der Waals surface area contributed by atoms with Gasteiger partial charge in [-0.3, -0.25) is 9.69 Å². The van der Waals surface area contributed by atoms with Gasteiger partial charge in [0, 0.05) is 18.4 Å². The molecule has 5 rings (SSSR count). The van der Waals surface area contributed by atoms with Crippen LogP contribution in [-0.2, 0) is 11.0 Å². The molecule has 4 aromatic rings. The van der Waals surface area contributed by atoms with Crippen molar-refractivity contribution in [2.45, 2.75) is 32.0 Å². The Kier molecular flexibility index (Phi) is 7.19. The molecular formula is C29H27F3N4O3. The zero-order valence-electron chi connectivity index (χ0n) is 21.2. The van der Waals surface area contributed by atoms with Crippen molar-refractivity contribution >= 4 is 23.3 Å². The fourth-order valence-corrected chi connectivity index (χ4v) is 4.76. The number of aromatic nitrogens is 1. The van der Waals surface area contributed by atoms with E-state index in [0.717, 1.165) is 29.9 Å². The lowest BCUT2D eigenvalue weighted by atomic mass is 10.0. The minimum absolute atomic E-state index is 0.205. The largest absolute Gasteiger partial charge is 0.467 e. The molecule has 0 spiro atoms. The number of furan rings is 1. The highest BCUT2D eigenvalue weighted by Crippen LogP contribution is 2.42. The summed E-state index contributed by atoms with van der Waals surface area (Å²) in [5.41, 5.74) is 1.73. The third kappa shape index (κ3) is 5.27. The van der Waals surface area contributed by atoms with Gasteiger partial charge in [0.25, 0.3) is 0 Å². The first-order chi connectivity index (χ1) is 18.8. The molecule has 202 valence electrons. The van der Waals surface area contributed by atoms with Gasteiger partial charge in [-0.25, -0.2) is 4.79 Å². The molecule has 0 bridgehead atoms. The maximum Gasteiger partial charge on any atom is 0.416 e. The van der Waals surface area contributed by atoms with Crippen LogP contribution in [0.4, 0.5) is 29.3 Å². The number of amides is 3. The first-order valence-electron chi connectivity index (χ1n) is 12.6. The maximum absolute atomic E-state index is 14.0. The molecule has 0 saturated carbocycles. The molecule has 2 aromatic heterocycles. The summed E-state index contributed by atoms with van der Waals surface area (Å²) in [6.45, 7) is 2.03. The normalized spacial score (nSPS) is 14.5. The van der Waals surface area contributed by atoms with Crippen LogP contribution in [0.3, 0.4) is 0 Å². The Morgan fingerprint density at radius 2 is 1.72 bits per heavy atom. The lowest BCUT2D eigenvalue weighted by Gasteiger charge is -2.38. The number of alkyl halides is 3. The van der Waals surface area contributed by atoms with E-state index in [-0.39, 0.29) is 18.1 Å². The van der Waals surface area contributed by atoms with E-state index in [2.05, 4.69) is 5.32 Å². The van der Waals surface area contributed by atoms with Gasteiger partial charge >= 0.3 is 12.2 Å². The average molecular weight is 537 g/mol. The number of hydrogen-bond donors (Lipinski definition) is 1. The zero-order chi connectivity index (χ0) is 27.6. The lowest BCUT2D eigenvalue weighted by Crippen LogP contribution is -2.47. The highest BCUT2D eigenvalue weighted by Gasteiger charge is 2.38. The molecule has 39 heavy (non-hydrogen) atoms. The third-order valence-corrected chi connectivity index (χ3v) is 6.66. The highest BCUT2D eigenvalue weighted by atomic mass is 19.4. The van der Waals surface area contributed by atoms with E-state index in [4.69, 9.17) is 4.42 Å². The highest BCUT2D eigenvalue weighted by molar-refractivity contribution is 6.01. The number of benzene rings is 2. The standard InChI is InChI=1S/C29H27F3N4O3/c1-2-3-16-34(28(38)33-21-14-12-20(13-15-21)29(30,31)32)19-26(37)36-23-9-5-4-8-22(23)35-17-6-10-24(35)27(36)25-11-7-18-39-25/h4-15,17-18,27H,2-3,16,19H2,1H3,(H,33,38). The predicted octanol–water partition coefficient (Wildman–Crippen LogP) is 6.86. The molecule has 10 heteroatoms. The first kappa shape index (κ1) is 26.1. The van der Waals surface area contributed by atoms with Crippen molar-refractivity contribution in [3.05, 3.63) is 102 Å². The fraction of sp³-hybridized carbons (Fsp3) is 0.241. The molecule has 0 aliphatic carbocycles. The van der Waals surface area contributed by atoms with E-state index in [1.807, 2.05) is 60.2 Å². The summed E-state index contributed by atoms with van der Waals surface area (Å²) in [4.78, 5) is 30.3. The van der Waals surface area contributed by atoms with Crippen molar-refractivity contribution < 1.29 is 27.2 Å². The van der Waals surface area contributed by atoms with Crippen molar-refractivity contribution in [1.82, 2.24) is 9.47 Å². The van der Waals surface area contributed by atoms with E-state index >= 15 is 0 Å². The molecule has 1 unspecified atom stereocenters. The monoisotopic (exact) mass is 536 g/mol. The zero-order valence-corrected chi connectivity index (χ0v) is 21.2. The molecule has 0 saturated heterocycles. The molecule has 3 amide bonds. The van der Waals surface area contributed by atoms with Crippen molar-refractivity contribution in [1.29, 1.82) is 0 Å². The number of anilines is 2. The summed E-state index contributed by atoms with van der Waals surface area (Å²) < 4.78 is 46.6. The number of urea groups is 1. The molecular weight excluding hydrogens is 509 g/mol. The van der Waals surface area contributed by atoms with Crippen molar-refractivity contribution in [3.8, 4) is 5.69 Å². The van der Waals surface area contributed by atoms with Gasteiger partial charge in [-0.15, -0.1) is 0 Å². The second-order valence-corrected chi connectivity index (χ2v) is 9.25. The predicted molar refractivity (Wildman–Crippen MR) is 141 cm³/mol. The minimum Gasteiger partial charge on any atom is -0.467 e. The number of hydrogen-bond acceptors (Lipinski definition) is 3. The molecule has 2 aromatic carbocycles. The molecule has 3 heterocycles.